The van der Waals surface area contributed by atoms with Crippen molar-refractivity contribution in [2.75, 3.05) is 13.2 Å². The van der Waals surface area contributed by atoms with E-state index in [2.05, 4.69) is 50.3 Å². The second-order valence-electron chi connectivity index (χ2n) is 21.5. The molecule has 0 radical (unpaired) electrons. The minimum atomic E-state index is -0.770. The molecule has 412 valence electrons. The van der Waals surface area contributed by atoms with Gasteiger partial charge in [0, 0.05) is 12.8 Å². The highest BCUT2D eigenvalue weighted by Crippen LogP contribution is 2.18. The van der Waals surface area contributed by atoms with E-state index in [9.17, 15) is 14.7 Å². The molecule has 0 aliphatic heterocycles. The smallest absolute Gasteiger partial charge is 0.306 e. The summed E-state index contributed by atoms with van der Waals surface area (Å²) in [5, 5.41) is 9.68. The van der Waals surface area contributed by atoms with Gasteiger partial charge in [-0.15, -0.1) is 0 Å². The summed E-state index contributed by atoms with van der Waals surface area (Å²) >= 11 is 0. The quantitative estimate of drug-likeness (QED) is 0.0373. The lowest BCUT2D eigenvalue weighted by atomic mass is 10.0. The van der Waals surface area contributed by atoms with Gasteiger partial charge in [0.2, 0.25) is 0 Å². The third-order valence-corrected chi connectivity index (χ3v) is 14.4. The lowest BCUT2D eigenvalue weighted by Crippen LogP contribution is -2.28. The van der Waals surface area contributed by atoms with Crippen molar-refractivity contribution in [2.45, 2.75) is 354 Å². The molecule has 0 aromatic heterocycles. The van der Waals surface area contributed by atoms with E-state index in [0.29, 0.717) is 12.8 Å². The second kappa shape index (κ2) is 61.4. The first-order chi connectivity index (χ1) is 34.6. The van der Waals surface area contributed by atoms with Gasteiger partial charge >= 0.3 is 11.9 Å². The molecule has 0 amide bonds. The minimum absolute atomic E-state index is 0.0607. The zero-order chi connectivity index (χ0) is 50.6. The average molecular weight is 984 g/mol. The molecule has 70 heavy (non-hydrogen) atoms. The molecule has 5 nitrogen and oxygen atoms in total. The molecule has 0 bridgehead atoms. The molecular weight excluding hydrogens is 861 g/mol. The van der Waals surface area contributed by atoms with Gasteiger partial charge in [-0.05, 0) is 70.6 Å². The zero-order valence-electron chi connectivity index (χ0n) is 47.3. The molecule has 0 fully saturated rings. The molecule has 0 aliphatic carbocycles. The van der Waals surface area contributed by atoms with Crippen molar-refractivity contribution in [3.8, 4) is 0 Å². The van der Waals surface area contributed by atoms with Crippen LogP contribution in [0.2, 0.25) is 0 Å². The number of allylic oxidation sites excluding steroid dienone is 6. The first kappa shape index (κ1) is 68.1. The normalized spacial score (nSPS) is 12.3. The van der Waals surface area contributed by atoms with E-state index < -0.39 is 6.10 Å². The van der Waals surface area contributed by atoms with E-state index in [1.165, 1.54) is 276 Å². The van der Waals surface area contributed by atoms with E-state index in [1.807, 2.05) is 0 Å². The fourth-order valence-corrected chi connectivity index (χ4v) is 9.64. The van der Waals surface area contributed by atoms with Gasteiger partial charge in [-0.1, -0.05) is 301 Å². The Bertz CT molecular complexity index is 1110. The summed E-state index contributed by atoms with van der Waals surface area (Å²) in [6.45, 7) is 4.18. The van der Waals surface area contributed by atoms with Crippen molar-refractivity contribution in [3.05, 3.63) is 36.5 Å². The van der Waals surface area contributed by atoms with Crippen molar-refractivity contribution in [2.24, 2.45) is 0 Å². The maximum absolute atomic E-state index is 12.3. The first-order valence-electron chi connectivity index (χ1n) is 31.5. The molecule has 0 spiro atoms. The highest BCUT2D eigenvalue weighted by atomic mass is 16.6. The van der Waals surface area contributed by atoms with Crippen LogP contribution < -0.4 is 0 Å². The number of carbonyl (C=O) groups excluding carboxylic acids is 2. The topological polar surface area (TPSA) is 72.8 Å². The highest BCUT2D eigenvalue weighted by Gasteiger charge is 2.16. The summed E-state index contributed by atoms with van der Waals surface area (Å²) in [7, 11) is 0. The van der Waals surface area contributed by atoms with Crippen molar-refractivity contribution < 1.29 is 24.2 Å². The number of aliphatic hydroxyl groups excluding tert-OH is 1. The van der Waals surface area contributed by atoms with Gasteiger partial charge in [-0.2, -0.15) is 0 Å². The standard InChI is InChI=1S/C65H122O5/c1-3-5-7-9-11-13-15-17-19-21-23-25-27-29-31-32-34-35-37-39-41-43-45-47-49-51-53-55-57-59-64(67)69-62-63(61-66)70-65(68)60-58-56-54-52-50-48-46-44-42-40-38-36-33-30-28-26-24-22-20-18-16-14-12-10-8-6-4-2/h16,18,21-24,63,66H,3-15,17,19-20,25-62H2,1-2H3/b18-16-,23-21-,24-22-. The molecule has 0 saturated carbocycles. The minimum Gasteiger partial charge on any atom is -0.462 e. The number of unbranched alkanes of at least 4 members (excludes halogenated alkanes) is 45. The van der Waals surface area contributed by atoms with Crippen LogP contribution in [0, 0.1) is 0 Å². The van der Waals surface area contributed by atoms with Crippen LogP contribution in [0.5, 0.6) is 0 Å². The SMILES string of the molecule is CCCCCCC/C=C\C/C=C\CCCCCCCCCCCCCCCCCC(=O)OC(CO)COC(=O)CCCCCCCCCCCCCCCCCCC/C=C\CCCCCCCCCC. The molecule has 0 saturated heterocycles. The lowest BCUT2D eigenvalue weighted by Gasteiger charge is -2.15. The largest absolute Gasteiger partial charge is 0.462 e. The summed E-state index contributed by atoms with van der Waals surface area (Å²) in [4.78, 5) is 24.6. The highest BCUT2D eigenvalue weighted by molar-refractivity contribution is 5.70. The Hall–Kier alpha value is -1.88. The van der Waals surface area contributed by atoms with Gasteiger partial charge in [0.15, 0.2) is 6.10 Å². The molecule has 1 N–H and O–H groups in total. The van der Waals surface area contributed by atoms with Gasteiger partial charge in [0.1, 0.15) is 6.61 Å². The Balaban J connectivity index is 3.42. The van der Waals surface area contributed by atoms with Crippen LogP contribution in [0.1, 0.15) is 348 Å². The Kier molecular flexibility index (Phi) is 59.8. The summed E-state index contributed by atoms with van der Waals surface area (Å²) in [6, 6.07) is 0. The van der Waals surface area contributed by atoms with Crippen LogP contribution in [0.4, 0.5) is 0 Å². The van der Waals surface area contributed by atoms with E-state index in [0.717, 1.165) is 44.9 Å². The van der Waals surface area contributed by atoms with Crippen LogP contribution in [-0.4, -0.2) is 36.4 Å². The number of aliphatic hydroxyl groups is 1. The van der Waals surface area contributed by atoms with E-state index in [4.69, 9.17) is 9.47 Å². The van der Waals surface area contributed by atoms with Crippen molar-refractivity contribution in [1.82, 2.24) is 0 Å². The fraction of sp³-hybridized carbons (Fsp3) is 0.877. The number of hydrogen-bond donors (Lipinski definition) is 1. The second-order valence-corrected chi connectivity index (χ2v) is 21.5. The van der Waals surface area contributed by atoms with Gasteiger partial charge in [-0.3, -0.25) is 9.59 Å². The number of hydrogen-bond acceptors (Lipinski definition) is 5. The van der Waals surface area contributed by atoms with Crippen molar-refractivity contribution >= 4 is 11.9 Å². The van der Waals surface area contributed by atoms with Gasteiger partial charge < -0.3 is 14.6 Å². The maximum atomic E-state index is 12.3. The molecule has 0 heterocycles. The molecular formula is C65H122O5. The van der Waals surface area contributed by atoms with Crippen LogP contribution in [-0.2, 0) is 19.1 Å². The van der Waals surface area contributed by atoms with Gasteiger partial charge in [0.05, 0.1) is 6.61 Å². The molecule has 1 atom stereocenters. The van der Waals surface area contributed by atoms with Crippen LogP contribution in [0.15, 0.2) is 36.5 Å². The molecule has 5 heteroatoms. The zero-order valence-corrected chi connectivity index (χ0v) is 47.3. The number of ether oxygens (including phenoxy) is 2. The van der Waals surface area contributed by atoms with Gasteiger partial charge in [-0.25, -0.2) is 0 Å². The molecule has 0 aromatic rings. The Morgan fingerprint density at radius 3 is 0.857 bits per heavy atom. The van der Waals surface area contributed by atoms with Crippen molar-refractivity contribution in [1.29, 1.82) is 0 Å². The molecule has 0 aliphatic rings. The molecule has 0 aromatic carbocycles. The maximum Gasteiger partial charge on any atom is 0.306 e. The number of rotatable bonds is 59. The average Bonchev–Trinajstić information content (AvgIpc) is 3.36. The summed E-state index contributed by atoms with van der Waals surface area (Å²) in [5.41, 5.74) is 0. The molecule has 0 rings (SSSR count). The lowest BCUT2D eigenvalue weighted by molar-refractivity contribution is -0.161. The van der Waals surface area contributed by atoms with Crippen LogP contribution >= 0.6 is 0 Å². The van der Waals surface area contributed by atoms with E-state index in [-0.39, 0.29) is 25.2 Å². The Morgan fingerprint density at radius 2 is 0.571 bits per heavy atom. The van der Waals surface area contributed by atoms with E-state index >= 15 is 0 Å². The first-order valence-corrected chi connectivity index (χ1v) is 31.5. The predicted octanol–water partition coefficient (Wildman–Crippen LogP) is 21.4. The summed E-state index contributed by atoms with van der Waals surface area (Å²) in [5.74, 6) is -0.571. The van der Waals surface area contributed by atoms with Crippen LogP contribution in [0.25, 0.3) is 0 Å². The third-order valence-electron chi connectivity index (χ3n) is 14.4. The van der Waals surface area contributed by atoms with E-state index in [1.54, 1.807) is 0 Å². The number of esters is 2. The number of carbonyl (C=O) groups is 2. The Labute approximate surface area is 437 Å². The van der Waals surface area contributed by atoms with Gasteiger partial charge in [0.25, 0.3) is 0 Å². The van der Waals surface area contributed by atoms with Crippen LogP contribution in [0.3, 0.4) is 0 Å². The fourth-order valence-electron chi connectivity index (χ4n) is 9.64. The van der Waals surface area contributed by atoms with Crippen molar-refractivity contribution in [3.63, 3.8) is 0 Å². The monoisotopic (exact) mass is 983 g/mol. The predicted molar refractivity (Wildman–Crippen MR) is 307 cm³/mol. The Morgan fingerprint density at radius 1 is 0.329 bits per heavy atom. The summed E-state index contributed by atoms with van der Waals surface area (Å²) in [6.07, 6.45) is 80.0. The summed E-state index contributed by atoms with van der Waals surface area (Å²) < 4.78 is 10.7. The molecule has 1 unspecified atom stereocenters. The third kappa shape index (κ3) is 58.7.